The fourth-order valence-electron chi connectivity index (χ4n) is 2.31. The van der Waals surface area contributed by atoms with Gasteiger partial charge in [0.1, 0.15) is 0 Å². The maximum Gasteiger partial charge on any atom is 0.315 e. The van der Waals surface area contributed by atoms with Gasteiger partial charge in [0.15, 0.2) is 0 Å². The van der Waals surface area contributed by atoms with Gasteiger partial charge >= 0.3 is 6.03 Å². The monoisotopic (exact) mass is 296 g/mol. The summed E-state index contributed by atoms with van der Waals surface area (Å²) in [6.07, 6.45) is 2.91. The predicted octanol–water partition coefficient (Wildman–Crippen LogP) is 2.86. The molecule has 0 aromatic heterocycles. The second-order valence-electron chi connectivity index (χ2n) is 5.40. The molecule has 3 N–H and O–H groups in total. The molecule has 20 heavy (non-hydrogen) atoms. The number of urea groups is 1. The summed E-state index contributed by atoms with van der Waals surface area (Å²) in [4.78, 5) is 11.7. The van der Waals surface area contributed by atoms with Crippen molar-refractivity contribution in [2.75, 3.05) is 6.54 Å². The molecule has 2 rings (SSSR count). The van der Waals surface area contributed by atoms with Gasteiger partial charge in [0.05, 0.1) is 6.10 Å². The van der Waals surface area contributed by atoms with Crippen molar-refractivity contribution in [2.45, 2.75) is 38.3 Å². The van der Waals surface area contributed by atoms with E-state index in [1.807, 2.05) is 6.92 Å². The molecule has 0 radical (unpaired) electrons. The first-order valence-electron chi connectivity index (χ1n) is 7.04. The maximum absolute atomic E-state index is 11.7. The van der Waals surface area contributed by atoms with Crippen LogP contribution in [0, 0.1) is 5.92 Å². The van der Waals surface area contributed by atoms with Gasteiger partial charge in [0, 0.05) is 17.6 Å². The van der Waals surface area contributed by atoms with Gasteiger partial charge in [-0.3, -0.25) is 0 Å². The number of carbonyl (C=O) groups is 1. The van der Waals surface area contributed by atoms with Gasteiger partial charge in [0.2, 0.25) is 0 Å². The normalized spacial score (nSPS) is 17.9. The Morgan fingerprint density at radius 3 is 2.60 bits per heavy atom. The van der Waals surface area contributed by atoms with Crippen molar-refractivity contribution in [3.8, 4) is 0 Å². The Morgan fingerprint density at radius 1 is 1.40 bits per heavy atom. The zero-order chi connectivity index (χ0) is 14.5. The lowest BCUT2D eigenvalue weighted by atomic mass is 9.80. The van der Waals surface area contributed by atoms with Crippen molar-refractivity contribution in [1.82, 2.24) is 10.6 Å². The minimum absolute atomic E-state index is 0.185. The number of hydrogen-bond donors (Lipinski definition) is 3. The predicted molar refractivity (Wildman–Crippen MR) is 79.7 cm³/mol. The highest BCUT2D eigenvalue weighted by molar-refractivity contribution is 6.30. The number of nitrogens with one attached hydrogen (secondary N) is 2. The van der Waals surface area contributed by atoms with Crippen LogP contribution in [-0.2, 0) is 0 Å². The first-order chi connectivity index (χ1) is 9.56. The lowest BCUT2D eigenvalue weighted by Gasteiger charge is -2.31. The molecule has 2 unspecified atom stereocenters. The molecule has 2 amide bonds. The molecule has 0 spiro atoms. The van der Waals surface area contributed by atoms with Crippen molar-refractivity contribution < 1.29 is 9.90 Å². The topological polar surface area (TPSA) is 61.4 Å². The van der Waals surface area contributed by atoms with Crippen LogP contribution in [0.2, 0.25) is 5.02 Å². The second kappa shape index (κ2) is 6.95. The molecule has 1 aromatic carbocycles. The number of carbonyl (C=O) groups excluding carboxylic acids is 1. The Hall–Kier alpha value is -1.26. The van der Waals surface area contributed by atoms with Crippen molar-refractivity contribution in [3.63, 3.8) is 0 Å². The molecule has 110 valence electrons. The molecule has 1 fully saturated rings. The van der Waals surface area contributed by atoms with Gasteiger partial charge in [-0.25, -0.2) is 4.79 Å². The van der Waals surface area contributed by atoms with Crippen molar-refractivity contribution in [2.24, 2.45) is 5.92 Å². The van der Waals surface area contributed by atoms with Crippen LogP contribution >= 0.6 is 11.6 Å². The average molecular weight is 297 g/mol. The first-order valence-corrected chi connectivity index (χ1v) is 7.42. The SMILES string of the molecule is CC(NC(=O)NCC(O)c1ccc(Cl)cc1)C1CCC1. The van der Waals surface area contributed by atoms with Crippen molar-refractivity contribution in [1.29, 1.82) is 0 Å². The average Bonchev–Trinajstić information content (AvgIpc) is 2.34. The number of hydrogen-bond acceptors (Lipinski definition) is 2. The number of aliphatic hydroxyl groups excluding tert-OH is 1. The summed E-state index contributed by atoms with van der Waals surface area (Å²) in [5.74, 6) is 0.599. The molecular formula is C15H21ClN2O2. The van der Waals surface area contributed by atoms with Crippen LogP contribution in [0.1, 0.15) is 37.9 Å². The van der Waals surface area contributed by atoms with E-state index in [1.165, 1.54) is 19.3 Å². The summed E-state index contributed by atoms with van der Waals surface area (Å²) in [5, 5.41) is 16.2. The minimum Gasteiger partial charge on any atom is -0.387 e. The van der Waals surface area contributed by atoms with Crippen LogP contribution < -0.4 is 10.6 Å². The van der Waals surface area contributed by atoms with Crippen LogP contribution in [-0.4, -0.2) is 23.7 Å². The Balaban J connectivity index is 1.73. The first kappa shape index (κ1) is 15.1. The van der Waals surface area contributed by atoms with Gasteiger partial charge < -0.3 is 15.7 Å². The van der Waals surface area contributed by atoms with Crippen LogP contribution in [0.25, 0.3) is 0 Å². The van der Waals surface area contributed by atoms with Gasteiger partial charge in [-0.15, -0.1) is 0 Å². The number of halogens is 1. The van der Waals surface area contributed by atoms with E-state index in [9.17, 15) is 9.90 Å². The van der Waals surface area contributed by atoms with E-state index < -0.39 is 6.10 Å². The summed E-state index contributed by atoms with van der Waals surface area (Å²) < 4.78 is 0. The minimum atomic E-state index is -0.725. The summed E-state index contributed by atoms with van der Waals surface area (Å²) in [6, 6.07) is 6.92. The lowest BCUT2D eigenvalue weighted by molar-refractivity contribution is 0.170. The summed E-state index contributed by atoms with van der Waals surface area (Å²) in [6.45, 7) is 2.21. The zero-order valence-corrected chi connectivity index (χ0v) is 12.4. The molecule has 0 aliphatic heterocycles. The number of benzene rings is 1. The molecule has 1 aliphatic rings. The molecule has 5 heteroatoms. The number of amides is 2. The Morgan fingerprint density at radius 2 is 2.05 bits per heavy atom. The van der Waals surface area contributed by atoms with Gasteiger partial charge in [-0.05, 0) is 43.4 Å². The van der Waals surface area contributed by atoms with Gasteiger partial charge in [-0.2, -0.15) is 0 Å². The molecule has 2 atom stereocenters. The van der Waals surface area contributed by atoms with Crippen LogP contribution in [0.15, 0.2) is 24.3 Å². The third-order valence-electron chi connectivity index (χ3n) is 3.93. The Bertz CT molecular complexity index is 446. The van der Waals surface area contributed by atoms with Crippen LogP contribution in [0.5, 0.6) is 0 Å². The van der Waals surface area contributed by atoms with E-state index in [0.717, 1.165) is 5.56 Å². The summed E-state index contributed by atoms with van der Waals surface area (Å²) in [5.41, 5.74) is 0.738. The van der Waals surface area contributed by atoms with Crippen molar-refractivity contribution in [3.05, 3.63) is 34.9 Å². The van der Waals surface area contributed by atoms with E-state index in [2.05, 4.69) is 10.6 Å². The van der Waals surface area contributed by atoms with Crippen LogP contribution in [0.4, 0.5) is 4.79 Å². The molecule has 0 bridgehead atoms. The fourth-order valence-corrected chi connectivity index (χ4v) is 2.43. The lowest BCUT2D eigenvalue weighted by Crippen LogP contribution is -2.46. The third kappa shape index (κ3) is 4.12. The number of aliphatic hydroxyl groups is 1. The quantitative estimate of drug-likeness (QED) is 0.782. The summed E-state index contributed by atoms with van der Waals surface area (Å²) in [7, 11) is 0. The molecule has 4 nitrogen and oxygen atoms in total. The Kier molecular flexibility index (Phi) is 5.26. The molecule has 1 aliphatic carbocycles. The highest BCUT2D eigenvalue weighted by Crippen LogP contribution is 2.29. The van der Waals surface area contributed by atoms with Crippen LogP contribution in [0.3, 0.4) is 0 Å². The van der Waals surface area contributed by atoms with Crippen molar-refractivity contribution >= 4 is 17.6 Å². The molecular weight excluding hydrogens is 276 g/mol. The molecule has 0 heterocycles. The molecule has 1 saturated carbocycles. The Labute approximate surface area is 124 Å². The molecule has 0 saturated heterocycles. The third-order valence-corrected chi connectivity index (χ3v) is 4.18. The van der Waals surface area contributed by atoms with E-state index in [1.54, 1.807) is 24.3 Å². The zero-order valence-electron chi connectivity index (χ0n) is 11.6. The highest BCUT2D eigenvalue weighted by atomic mass is 35.5. The van der Waals surface area contributed by atoms with Gasteiger partial charge in [0.25, 0.3) is 0 Å². The van der Waals surface area contributed by atoms with Gasteiger partial charge in [-0.1, -0.05) is 30.2 Å². The molecule has 1 aromatic rings. The number of rotatable bonds is 5. The van der Waals surface area contributed by atoms with E-state index in [4.69, 9.17) is 11.6 Å². The van der Waals surface area contributed by atoms with E-state index in [0.29, 0.717) is 10.9 Å². The van der Waals surface area contributed by atoms with E-state index >= 15 is 0 Å². The second-order valence-corrected chi connectivity index (χ2v) is 5.84. The highest BCUT2D eigenvalue weighted by Gasteiger charge is 2.24. The standard InChI is InChI=1S/C15H21ClN2O2/c1-10(11-3-2-4-11)18-15(20)17-9-14(19)12-5-7-13(16)8-6-12/h5-8,10-11,14,19H,2-4,9H2,1H3,(H2,17,18,20). The smallest absolute Gasteiger partial charge is 0.315 e. The van der Waals surface area contributed by atoms with E-state index in [-0.39, 0.29) is 18.6 Å². The maximum atomic E-state index is 11.7. The largest absolute Gasteiger partial charge is 0.387 e. The summed E-state index contributed by atoms with van der Waals surface area (Å²) >= 11 is 5.79. The fraction of sp³-hybridized carbons (Fsp3) is 0.533.